The Morgan fingerprint density at radius 1 is 1.22 bits per heavy atom. The van der Waals surface area contributed by atoms with Crippen LogP contribution in [0.25, 0.3) is 0 Å². The van der Waals surface area contributed by atoms with Crippen LogP contribution in [-0.4, -0.2) is 41.9 Å². The van der Waals surface area contributed by atoms with Crippen LogP contribution >= 0.6 is 23.1 Å². The first kappa shape index (κ1) is 28.2. The number of carbonyl (C=O) groups excluding carboxylic acids is 2. The zero-order valence-corrected chi connectivity index (χ0v) is 24.4. The number of ether oxygens (including phenoxy) is 2. The normalized spacial score (nSPS) is 16.8. The monoisotopic (exact) mass is 588 g/mol. The lowest BCUT2D eigenvalue weighted by atomic mass is 9.75. The molecule has 0 spiro atoms. The van der Waals surface area contributed by atoms with Gasteiger partial charge in [0.05, 0.1) is 43.2 Å². The smallest absolute Gasteiger partial charge is 0.234 e. The molecule has 1 unspecified atom stereocenters. The van der Waals surface area contributed by atoms with E-state index >= 15 is 0 Å². The fourth-order valence-corrected chi connectivity index (χ4v) is 6.77. The average Bonchev–Trinajstić information content (AvgIpc) is 3.44. The van der Waals surface area contributed by atoms with Crippen LogP contribution in [0.3, 0.4) is 0 Å². The Morgan fingerprint density at radius 3 is 2.76 bits per heavy atom. The SMILES string of the molecule is COc1ccc(NC(=O)CSc2nnc(N3C(N)=C(C#N)C(c4ccccc4C)C4=C3CCCC4=O)s2)c(OC)c1. The number of ketones is 1. The number of amides is 1. The van der Waals surface area contributed by atoms with Crippen LogP contribution in [0.4, 0.5) is 10.8 Å². The summed E-state index contributed by atoms with van der Waals surface area (Å²) in [5.74, 6) is 0.658. The van der Waals surface area contributed by atoms with Crippen LogP contribution in [0.15, 0.2) is 69.5 Å². The molecule has 3 N–H and O–H groups in total. The van der Waals surface area contributed by atoms with Crippen molar-refractivity contribution in [2.24, 2.45) is 5.73 Å². The highest BCUT2D eigenvalue weighted by Gasteiger charge is 2.41. The van der Waals surface area contributed by atoms with E-state index in [1.807, 2.05) is 31.2 Å². The van der Waals surface area contributed by atoms with Gasteiger partial charge in [-0.3, -0.25) is 14.5 Å². The number of hydrogen-bond donors (Lipinski definition) is 2. The molecule has 0 saturated carbocycles. The number of methoxy groups -OCH3 is 2. The van der Waals surface area contributed by atoms with Crippen molar-refractivity contribution in [2.45, 2.75) is 36.4 Å². The maximum absolute atomic E-state index is 13.3. The van der Waals surface area contributed by atoms with Crippen LogP contribution in [-0.2, 0) is 9.59 Å². The highest BCUT2D eigenvalue weighted by Crippen LogP contribution is 2.47. The predicted octanol–water partition coefficient (Wildman–Crippen LogP) is 4.90. The van der Waals surface area contributed by atoms with Gasteiger partial charge in [-0.25, -0.2) is 0 Å². The van der Waals surface area contributed by atoms with Gasteiger partial charge in [-0.1, -0.05) is 47.4 Å². The van der Waals surface area contributed by atoms with Gasteiger partial charge in [0.2, 0.25) is 11.0 Å². The van der Waals surface area contributed by atoms with Gasteiger partial charge in [0.1, 0.15) is 17.3 Å². The van der Waals surface area contributed by atoms with E-state index < -0.39 is 5.92 Å². The van der Waals surface area contributed by atoms with E-state index in [0.717, 1.165) is 16.8 Å². The molecule has 0 saturated heterocycles. The second-order valence-corrected chi connectivity index (χ2v) is 11.6. The second-order valence-electron chi connectivity index (χ2n) is 9.43. The zero-order valence-electron chi connectivity index (χ0n) is 22.8. The topological polar surface area (TPSA) is 143 Å². The van der Waals surface area contributed by atoms with E-state index in [1.165, 1.54) is 30.2 Å². The number of allylic oxidation sites excluding steroid dienone is 3. The molecular weight excluding hydrogens is 560 g/mol. The van der Waals surface area contributed by atoms with Gasteiger partial charge in [-0.15, -0.1) is 10.2 Å². The summed E-state index contributed by atoms with van der Waals surface area (Å²) in [6.45, 7) is 1.97. The average molecular weight is 589 g/mol. The number of aromatic nitrogens is 2. The third-order valence-corrected chi connectivity index (χ3v) is 9.05. The Hall–Kier alpha value is -4.34. The van der Waals surface area contributed by atoms with Crippen molar-refractivity contribution in [3.05, 3.63) is 76.3 Å². The number of thioether (sulfide) groups is 1. The standard InChI is InChI=1S/C29H28N6O4S2/c1-16-7-4-5-8-18(16)25-19(14-30)27(31)35(21-9-6-10-22(36)26(21)25)28-33-34-29(41-28)40-15-24(37)32-20-12-11-17(38-2)13-23(20)39-3/h4-5,7-8,11-13,25H,6,9-10,15,31H2,1-3H3,(H,32,37). The van der Waals surface area contributed by atoms with E-state index in [2.05, 4.69) is 21.6 Å². The van der Waals surface area contributed by atoms with Crippen molar-refractivity contribution in [1.29, 1.82) is 5.26 Å². The number of nitrogens with two attached hydrogens (primary N) is 1. The van der Waals surface area contributed by atoms with Crippen molar-refractivity contribution >= 4 is 45.6 Å². The molecule has 12 heteroatoms. The maximum Gasteiger partial charge on any atom is 0.234 e. The predicted molar refractivity (Wildman–Crippen MR) is 158 cm³/mol. The summed E-state index contributed by atoms with van der Waals surface area (Å²) in [4.78, 5) is 27.7. The number of rotatable bonds is 8. The van der Waals surface area contributed by atoms with Crippen LogP contribution in [0.5, 0.6) is 11.5 Å². The van der Waals surface area contributed by atoms with Crippen molar-refractivity contribution in [3.8, 4) is 17.6 Å². The highest BCUT2D eigenvalue weighted by atomic mass is 32.2. The summed E-state index contributed by atoms with van der Waals surface area (Å²) in [6, 6.07) is 15.2. The number of Topliss-reactive ketones (excluding diaryl/α,β-unsaturated/α-hetero) is 1. The van der Waals surface area contributed by atoms with Crippen molar-refractivity contribution < 1.29 is 19.1 Å². The van der Waals surface area contributed by atoms with Crippen LogP contribution in [0, 0.1) is 18.3 Å². The zero-order chi connectivity index (χ0) is 29.1. The molecule has 210 valence electrons. The summed E-state index contributed by atoms with van der Waals surface area (Å²) in [7, 11) is 3.07. The van der Waals surface area contributed by atoms with Crippen LogP contribution in [0.2, 0.25) is 0 Å². The summed E-state index contributed by atoms with van der Waals surface area (Å²) in [5.41, 5.74) is 10.7. The first-order valence-electron chi connectivity index (χ1n) is 12.9. The number of nitrogens with zero attached hydrogens (tertiary/aromatic N) is 4. The first-order chi connectivity index (χ1) is 19.9. The van der Waals surface area contributed by atoms with Gasteiger partial charge in [0.15, 0.2) is 10.1 Å². The van der Waals surface area contributed by atoms with E-state index in [1.54, 1.807) is 30.2 Å². The number of benzene rings is 2. The lowest BCUT2D eigenvalue weighted by molar-refractivity contribution is -0.116. The molecule has 3 aromatic rings. The number of aryl methyl sites for hydroxylation is 1. The van der Waals surface area contributed by atoms with Crippen molar-refractivity contribution in [1.82, 2.24) is 10.2 Å². The quantitative estimate of drug-likeness (QED) is 0.349. The minimum Gasteiger partial charge on any atom is -0.497 e. The van der Waals surface area contributed by atoms with Gasteiger partial charge in [-0.05, 0) is 43.0 Å². The molecule has 41 heavy (non-hydrogen) atoms. The molecule has 2 aromatic carbocycles. The van der Waals surface area contributed by atoms with Gasteiger partial charge >= 0.3 is 0 Å². The number of nitrogens with one attached hydrogen (secondary N) is 1. The molecule has 1 atom stereocenters. The lowest BCUT2D eigenvalue weighted by Crippen LogP contribution is -2.38. The maximum atomic E-state index is 13.3. The summed E-state index contributed by atoms with van der Waals surface area (Å²) in [6.07, 6.45) is 1.72. The molecule has 1 aromatic heterocycles. The molecule has 1 amide bonds. The molecule has 5 rings (SSSR count). The fraction of sp³-hybridized carbons (Fsp3) is 0.276. The minimum absolute atomic E-state index is 0.00879. The molecule has 0 radical (unpaired) electrons. The Morgan fingerprint density at radius 2 is 2.02 bits per heavy atom. The third kappa shape index (κ3) is 5.51. The minimum atomic E-state index is -0.527. The van der Waals surface area contributed by atoms with E-state index in [4.69, 9.17) is 15.2 Å². The number of nitriles is 1. The molecule has 2 heterocycles. The molecular formula is C29H28N6O4S2. The Balaban J connectivity index is 1.39. The number of carbonyl (C=O) groups is 2. The fourth-order valence-electron chi connectivity index (χ4n) is 5.09. The summed E-state index contributed by atoms with van der Waals surface area (Å²) >= 11 is 2.48. The summed E-state index contributed by atoms with van der Waals surface area (Å²) in [5, 5.41) is 22.1. The van der Waals surface area contributed by atoms with E-state index in [9.17, 15) is 14.9 Å². The van der Waals surface area contributed by atoms with E-state index in [-0.39, 0.29) is 23.3 Å². The Labute approximate surface area is 245 Å². The largest absolute Gasteiger partial charge is 0.497 e. The van der Waals surface area contributed by atoms with E-state index in [0.29, 0.717) is 57.1 Å². The molecule has 0 bridgehead atoms. The molecule has 0 fully saturated rings. The van der Waals surface area contributed by atoms with Gasteiger partial charge in [-0.2, -0.15) is 5.26 Å². The van der Waals surface area contributed by atoms with Crippen molar-refractivity contribution in [2.75, 3.05) is 30.2 Å². The van der Waals surface area contributed by atoms with Crippen LogP contribution < -0.4 is 25.4 Å². The van der Waals surface area contributed by atoms with Crippen LogP contribution in [0.1, 0.15) is 36.3 Å². The molecule has 1 aliphatic carbocycles. The molecule has 10 nitrogen and oxygen atoms in total. The number of anilines is 2. The Kier molecular flexibility index (Phi) is 8.28. The van der Waals surface area contributed by atoms with Crippen molar-refractivity contribution in [3.63, 3.8) is 0 Å². The molecule has 2 aliphatic rings. The van der Waals surface area contributed by atoms with Gasteiger partial charge in [0, 0.05) is 23.8 Å². The highest BCUT2D eigenvalue weighted by molar-refractivity contribution is 8.01. The summed E-state index contributed by atoms with van der Waals surface area (Å²) < 4.78 is 11.1. The Bertz CT molecular complexity index is 1620. The second kappa shape index (κ2) is 12.0. The lowest BCUT2D eigenvalue weighted by Gasteiger charge is -2.38. The number of hydrogen-bond acceptors (Lipinski definition) is 11. The van der Waals surface area contributed by atoms with Gasteiger partial charge < -0.3 is 20.5 Å². The van der Waals surface area contributed by atoms with Gasteiger partial charge in [0.25, 0.3) is 0 Å². The third-order valence-electron chi connectivity index (χ3n) is 7.01. The molecule has 1 aliphatic heterocycles. The first-order valence-corrected chi connectivity index (χ1v) is 14.7.